The lowest BCUT2D eigenvalue weighted by molar-refractivity contribution is -0.00539. The number of anilines is 5. The van der Waals surface area contributed by atoms with Crippen molar-refractivity contribution < 1.29 is 27.0 Å². The number of ether oxygens (including phenoxy) is 2. The summed E-state index contributed by atoms with van der Waals surface area (Å²) in [7, 11) is 8.01. The molecule has 145 heavy (non-hydrogen) atoms. The number of H-pyrrole nitrogens is 5. The van der Waals surface area contributed by atoms with E-state index < -0.39 is 0 Å². The van der Waals surface area contributed by atoms with Crippen LogP contribution in [0.15, 0.2) is 273 Å². The number of fused-ring (bicyclic) bond motifs is 15. The van der Waals surface area contributed by atoms with Crippen LogP contribution in [0.25, 0.3) is 137 Å². The molecule has 2 unspecified atom stereocenters. The summed E-state index contributed by atoms with van der Waals surface area (Å²) in [6, 6.07) is 66.6. The zero-order chi connectivity index (χ0) is 99.8. The number of halogens is 4. The molecule has 5 aliphatic heterocycles. The van der Waals surface area contributed by atoms with E-state index in [0.717, 1.165) is 180 Å². The molecule has 15 heterocycles. The first-order valence-corrected chi connectivity index (χ1v) is 49.0. The monoisotopic (exact) mass is 1950 g/mol. The van der Waals surface area contributed by atoms with E-state index in [1.54, 1.807) is 67.0 Å². The maximum absolute atomic E-state index is 15.1. The lowest BCUT2D eigenvalue weighted by Gasteiger charge is -2.37. The molecule has 740 valence electrons. The number of hydrogen-bond donors (Lipinski definition) is 6. The van der Waals surface area contributed by atoms with Crippen LogP contribution >= 0.6 is 0 Å². The molecule has 0 radical (unpaired) electrons. The number of piperidine rings is 1. The number of benzene rings is 10. The Balaban J connectivity index is 0.000000107. The summed E-state index contributed by atoms with van der Waals surface area (Å²) in [5, 5.41) is 25.0. The zero-order valence-electron chi connectivity index (χ0n) is 81.2. The van der Waals surface area contributed by atoms with Crippen molar-refractivity contribution in [2.24, 2.45) is 0 Å². The van der Waals surface area contributed by atoms with Gasteiger partial charge in [0.2, 0.25) is 0 Å². The largest absolute Gasteiger partial charge is 0.383 e. The van der Waals surface area contributed by atoms with E-state index in [2.05, 4.69) is 123 Å². The smallest absolute Gasteiger partial charge is 0.280 e. The Morgan fingerprint density at radius 2 is 0.724 bits per heavy atom. The molecule has 20 aromatic rings. The number of piperazine rings is 2. The maximum Gasteiger partial charge on any atom is 0.280 e. The van der Waals surface area contributed by atoms with Crippen molar-refractivity contribution in [1.29, 1.82) is 0 Å². The number of morpholine rings is 1. The van der Waals surface area contributed by atoms with Gasteiger partial charge in [-0.05, 0) is 188 Å². The fraction of sp³-hybridized carbons (Fsp3) is 0.273. The molecule has 0 amide bonds. The Morgan fingerprint density at radius 3 is 1.13 bits per heavy atom. The second-order valence-corrected chi connectivity index (χ2v) is 37.7. The molecule has 6 N–H and O–H groups in total. The fourth-order valence-electron chi connectivity index (χ4n) is 20.4. The lowest BCUT2D eigenvalue weighted by atomic mass is 10.0. The van der Waals surface area contributed by atoms with Gasteiger partial charge in [-0.2, -0.15) is 0 Å². The molecule has 0 bridgehead atoms. The Labute approximate surface area is 828 Å². The Morgan fingerprint density at radius 1 is 0.359 bits per heavy atom. The lowest BCUT2D eigenvalue weighted by Crippen LogP contribution is -2.47. The molecule has 10 aromatic heterocycles. The van der Waals surface area contributed by atoms with E-state index in [1.165, 1.54) is 43.0 Å². The van der Waals surface area contributed by atoms with E-state index in [9.17, 15) is 28.4 Å². The highest BCUT2D eigenvalue weighted by Crippen LogP contribution is 2.38. The summed E-state index contributed by atoms with van der Waals surface area (Å²) in [5.74, 6) is -1.24. The number of nitrogens with zero attached hydrogens (tertiary/aromatic N) is 18. The summed E-state index contributed by atoms with van der Waals surface area (Å²) in [6.45, 7) is 19.4. The third kappa shape index (κ3) is 19.3. The topological polar surface area (TPSA) is 310 Å². The molecule has 2 atom stereocenters. The van der Waals surface area contributed by atoms with Crippen LogP contribution in [0, 0.1) is 23.3 Å². The molecule has 0 aliphatic carbocycles. The molecule has 10 aromatic carbocycles. The van der Waals surface area contributed by atoms with Gasteiger partial charge in [0.05, 0.1) is 152 Å². The number of likely N-dealkylation sites (N-methyl/N-ethyl adjacent to an activating group) is 1. The molecule has 5 aliphatic rings. The van der Waals surface area contributed by atoms with Crippen molar-refractivity contribution >= 4 is 137 Å². The summed E-state index contributed by atoms with van der Waals surface area (Å²) in [5.41, 5.74) is 13.2. The molecule has 25 rings (SSSR count). The number of methoxy groups -OCH3 is 1. The van der Waals surface area contributed by atoms with Crippen LogP contribution in [0.3, 0.4) is 0 Å². The standard InChI is InChI=1S/C23H24FN5O.C23H25N5O2.C22H21FN4O2.2C21H20FN5O/c1-27(2)15-8-10-28(11-9-15)21-13-20-17(12-19(21)24)22-18(14-25-20)23(30)29(26-22)16-6-4-3-5-7-16;1-30-14-13-26-9-11-27(12-10-26)18-7-8-21-19(15-18)22-20(16-24-21)23(29)28(25-22)17-5-3-2-4-6-17;1-13-11-26(12-14(2)29-13)20-9-19-16(8-18(20)23)21-17(10-24-19)22(28)27(25-21)15-6-4-3-5-7-15;1-25-7-9-26(10-8-25)18-12-14(22)11-16-19-17(13-23-20(16)18)21(28)27(24-19)15-5-3-2-4-6-15;22-17-11-15-18(12-19(17)26-9-4-7-23-8-10-26)24-13-16-20(15)25-27(21(16)28)14-5-2-1-3-6-14/h3-7,12-15,26H,8-11H2,1-2H3;2-8,15-16,25H,9-14H2,1H3;3-10,13-14,25H,11-12H2,1-2H3;2-6,11-13,24H,7-10H2,1H3;1-3,5-6,11-13,23,25H,4,7-10H2. The normalized spacial score (nSPS) is 16.3. The highest BCUT2D eigenvalue weighted by atomic mass is 19.1. The van der Waals surface area contributed by atoms with Crippen molar-refractivity contribution in [1.82, 2.24) is 93.8 Å². The molecule has 0 saturated carbocycles. The molecular formula is C110H110F4N24O7. The number of para-hydroxylation sites is 5. The minimum Gasteiger partial charge on any atom is -0.383 e. The first-order valence-electron chi connectivity index (χ1n) is 49.0. The molecule has 5 fully saturated rings. The maximum atomic E-state index is 15.1. The number of aromatic nitrogens is 15. The fourth-order valence-corrected chi connectivity index (χ4v) is 20.4. The summed E-state index contributed by atoms with van der Waals surface area (Å²) in [6.07, 6.45) is 11.0. The van der Waals surface area contributed by atoms with Crippen LogP contribution in [0.1, 0.15) is 33.1 Å². The number of nitrogens with one attached hydrogen (secondary N) is 6. The third-order valence-corrected chi connectivity index (χ3v) is 28.1. The average Bonchev–Trinajstić information content (AvgIpc) is 1.58. The van der Waals surface area contributed by atoms with Crippen LogP contribution in [0.2, 0.25) is 0 Å². The first-order chi connectivity index (χ1) is 70.6. The van der Waals surface area contributed by atoms with Crippen molar-refractivity contribution in [2.45, 2.75) is 51.4 Å². The van der Waals surface area contributed by atoms with Gasteiger partial charge in [-0.25, -0.2) is 41.0 Å². The Bertz CT molecular complexity index is 8460. The quantitative estimate of drug-likeness (QED) is 0.0551. The zero-order valence-corrected chi connectivity index (χ0v) is 81.2. The summed E-state index contributed by atoms with van der Waals surface area (Å²) < 4.78 is 78.2. The van der Waals surface area contributed by atoms with Crippen LogP contribution < -0.4 is 57.6 Å². The Hall–Kier alpha value is -15.9. The SMILES string of the molecule is CC1CN(c2cc3ncc4c(=O)n(-c5ccccc5)[nH]c4c3cc2F)CC(C)O1.CN(C)C1CCN(c2cc3ncc4c(=O)n(-c5ccccc5)[nH]c4c3cc2F)CC1.CN1CCN(c2cc(F)cc3c2ncc2c(=O)n(-c4ccccc4)[nH]c23)CC1.COCCN1CCN(c2ccc3ncc4c(=O)n(-c5ccccc5)[nH]c4c3c2)CC1.O=c1c2cnc3cc(N4CCCNCC4)c(F)cc3c2[nH]n1-c1ccccc1. The van der Waals surface area contributed by atoms with Gasteiger partial charge in [-0.3, -0.25) is 79.3 Å². The van der Waals surface area contributed by atoms with E-state index >= 15 is 13.2 Å². The van der Waals surface area contributed by atoms with Gasteiger partial charge in [0, 0.05) is 181 Å². The van der Waals surface area contributed by atoms with E-state index in [1.807, 2.05) is 176 Å². The molecular weight excluding hydrogens is 1850 g/mol. The van der Waals surface area contributed by atoms with Crippen LogP contribution in [-0.4, -0.2) is 253 Å². The molecule has 31 nitrogen and oxygen atoms in total. The second kappa shape index (κ2) is 41.2. The van der Waals surface area contributed by atoms with E-state index in [0.29, 0.717) is 129 Å². The highest BCUT2D eigenvalue weighted by molar-refractivity contribution is 6.09. The minimum absolute atomic E-state index is 0.0283. The van der Waals surface area contributed by atoms with Crippen molar-refractivity contribution in [3.05, 3.63) is 324 Å². The van der Waals surface area contributed by atoms with Crippen molar-refractivity contribution in [3.8, 4) is 28.4 Å². The second-order valence-electron chi connectivity index (χ2n) is 37.7. The van der Waals surface area contributed by atoms with Gasteiger partial charge < -0.3 is 49.1 Å². The number of pyridine rings is 5. The van der Waals surface area contributed by atoms with Crippen molar-refractivity contribution in [2.75, 3.05) is 171 Å². The summed E-state index contributed by atoms with van der Waals surface area (Å²) >= 11 is 0. The van der Waals surface area contributed by atoms with Crippen molar-refractivity contribution in [3.63, 3.8) is 0 Å². The van der Waals surface area contributed by atoms with Gasteiger partial charge in [0.25, 0.3) is 27.8 Å². The predicted molar refractivity (Wildman–Crippen MR) is 567 cm³/mol. The minimum atomic E-state index is -0.332. The third-order valence-electron chi connectivity index (χ3n) is 28.1. The van der Waals surface area contributed by atoms with Crippen LogP contribution in [-0.2, 0) is 9.47 Å². The van der Waals surface area contributed by atoms with Gasteiger partial charge in [-0.15, -0.1) is 0 Å². The van der Waals surface area contributed by atoms with Crippen LogP contribution in [0.4, 0.5) is 46.0 Å². The van der Waals surface area contributed by atoms with E-state index in [4.69, 9.17) is 9.47 Å². The number of aromatic amines is 5. The summed E-state index contributed by atoms with van der Waals surface area (Å²) in [4.78, 5) is 104. The predicted octanol–water partition coefficient (Wildman–Crippen LogP) is 15.4. The average molecular weight is 1960 g/mol. The van der Waals surface area contributed by atoms with Gasteiger partial charge in [0.15, 0.2) is 0 Å². The number of rotatable bonds is 14. The highest BCUT2D eigenvalue weighted by Gasteiger charge is 2.31. The molecule has 0 spiro atoms. The van der Waals surface area contributed by atoms with Crippen LogP contribution in [0.5, 0.6) is 0 Å². The Kier molecular flexibility index (Phi) is 27.1. The van der Waals surface area contributed by atoms with E-state index in [-0.39, 0.29) is 63.3 Å². The van der Waals surface area contributed by atoms with Gasteiger partial charge in [-0.1, -0.05) is 91.0 Å². The number of hydrogen-bond acceptors (Lipinski definition) is 21. The molecule has 35 heteroatoms. The molecule has 5 saturated heterocycles. The van der Waals surface area contributed by atoms with Gasteiger partial charge in [0.1, 0.15) is 23.3 Å². The van der Waals surface area contributed by atoms with Gasteiger partial charge >= 0.3 is 0 Å². The first kappa shape index (κ1) is 95.3.